The standard InChI is InChI=1S/C16H17BrN2O2/c1-11-7-8-14(16(21)19-11)15(20)18-9-3-5-12-4-2-6-13(17)10-12/h2,4,6-8,10H,3,5,9H2,1H3,(H,18,20)(H,19,21). The van der Waals surface area contributed by atoms with Gasteiger partial charge in [0, 0.05) is 16.7 Å². The summed E-state index contributed by atoms with van der Waals surface area (Å²) in [6.45, 7) is 2.32. The van der Waals surface area contributed by atoms with Gasteiger partial charge < -0.3 is 10.3 Å². The summed E-state index contributed by atoms with van der Waals surface area (Å²) in [5.74, 6) is -0.328. The number of hydrogen-bond acceptors (Lipinski definition) is 2. The van der Waals surface area contributed by atoms with Crippen LogP contribution in [0.5, 0.6) is 0 Å². The van der Waals surface area contributed by atoms with E-state index < -0.39 is 0 Å². The number of benzene rings is 1. The Balaban J connectivity index is 1.83. The maximum atomic E-state index is 11.9. The van der Waals surface area contributed by atoms with Crippen LogP contribution in [0.1, 0.15) is 28.0 Å². The average Bonchev–Trinajstić information content (AvgIpc) is 2.43. The Labute approximate surface area is 131 Å². The van der Waals surface area contributed by atoms with Gasteiger partial charge in [0.2, 0.25) is 0 Å². The maximum absolute atomic E-state index is 11.9. The number of rotatable bonds is 5. The molecule has 0 bridgehead atoms. The summed E-state index contributed by atoms with van der Waals surface area (Å²) < 4.78 is 1.05. The number of nitrogens with one attached hydrogen (secondary N) is 2. The molecule has 2 N–H and O–H groups in total. The van der Waals surface area contributed by atoms with Crippen LogP contribution in [0.4, 0.5) is 0 Å². The Morgan fingerprint density at radius 1 is 1.29 bits per heavy atom. The number of halogens is 1. The molecule has 0 spiro atoms. The second-order valence-corrected chi connectivity index (χ2v) is 5.79. The minimum absolute atomic E-state index is 0.156. The first-order valence-electron chi connectivity index (χ1n) is 6.79. The zero-order valence-corrected chi connectivity index (χ0v) is 13.4. The summed E-state index contributed by atoms with van der Waals surface area (Å²) in [5, 5.41) is 2.77. The molecule has 0 saturated heterocycles. The molecule has 1 amide bonds. The summed E-state index contributed by atoms with van der Waals surface area (Å²) in [5.41, 5.74) is 1.76. The molecular formula is C16H17BrN2O2. The highest BCUT2D eigenvalue weighted by Gasteiger charge is 2.09. The fourth-order valence-electron chi connectivity index (χ4n) is 2.03. The summed E-state index contributed by atoms with van der Waals surface area (Å²) in [6, 6.07) is 11.4. The van der Waals surface area contributed by atoms with Crippen LogP contribution >= 0.6 is 15.9 Å². The first-order valence-corrected chi connectivity index (χ1v) is 7.58. The third-order valence-electron chi connectivity index (χ3n) is 3.12. The lowest BCUT2D eigenvalue weighted by molar-refractivity contribution is 0.0951. The van der Waals surface area contributed by atoms with Crippen LogP contribution in [0.15, 0.2) is 45.7 Å². The molecule has 21 heavy (non-hydrogen) atoms. The van der Waals surface area contributed by atoms with Crippen LogP contribution in [-0.4, -0.2) is 17.4 Å². The van der Waals surface area contributed by atoms with Crippen molar-refractivity contribution in [3.63, 3.8) is 0 Å². The average molecular weight is 349 g/mol. The SMILES string of the molecule is Cc1ccc(C(=O)NCCCc2cccc(Br)c2)c(=O)[nH]1. The first-order chi connectivity index (χ1) is 10.1. The molecule has 1 aromatic heterocycles. The minimum Gasteiger partial charge on any atom is -0.352 e. The number of hydrogen-bond donors (Lipinski definition) is 2. The second-order valence-electron chi connectivity index (χ2n) is 4.87. The van der Waals surface area contributed by atoms with E-state index in [9.17, 15) is 9.59 Å². The highest BCUT2D eigenvalue weighted by Crippen LogP contribution is 2.12. The Hall–Kier alpha value is -1.88. The molecule has 2 rings (SSSR count). The van der Waals surface area contributed by atoms with Gasteiger partial charge in [0.15, 0.2) is 0 Å². The molecule has 0 saturated carbocycles. The summed E-state index contributed by atoms with van der Waals surface area (Å²) in [4.78, 5) is 26.2. The van der Waals surface area contributed by atoms with Crippen molar-refractivity contribution in [2.75, 3.05) is 6.54 Å². The number of aromatic amines is 1. The normalized spacial score (nSPS) is 10.4. The van der Waals surface area contributed by atoms with E-state index in [1.54, 1.807) is 19.1 Å². The topological polar surface area (TPSA) is 62.0 Å². The largest absolute Gasteiger partial charge is 0.352 e. The monoisotopic (exact) mass is 348 g/mol. The Kier molecular flexibility index (Phi) is 5.33. The molecule has 0 radical (unpaired) electrons. The fourth-order valence-corrected chi connectivity index (χ4v) is 2.48. The van der Waals surface area contributed by atoms with Gasteiger partial charge >= 0.3 is 0 Å². The van der Waals surface area contributed by atoms with E-state index in [1.165, 1.54) is 5.56 Å². The molecule has 0 aliphatic heterocycles. The molecule has 0 unspecified atom stereocenters. The summed E-state index contributed by atoms with van der Waals surface area (Å²) >= 11 is 3.43. The van der Waals surface area contributed by atoms with Crippen molar-refractivity contribution in [3.8, 4) is 0 Å². The van der Waals surface area contributed by atoms with Gasteiger partial charge in [-0.25, -0.2) is 0 Å². The molecule has 4 nitrogen and oxygen atoms in total. The Morgan fingerprint density at radius 3 is 2.81 bits per heavy atom. The number of pyridine rings is 1. The molecule has 0 aliphatic rings. The number of amides is 1. The van der Waals surface area contributed by atoms with Gasteiger partial charge in [-0.3, -0.25) is 9.59 Å². The Bertz CT molecular complexity index is 695. The van der Waals surface area contributed by atoms with Crippen molar-refractivity contribution in [1.29, 1.82) is 0 Å². The lowest BCUT2D eigenvalue weighted by Gasteiger charge is -2.05. The number of carbonyl (C=O) groups excluding carboxylic acids is 1. The first kappa shape index (κ1) is 15.5. The van der Waals surface area contributed by atoms with E-state index in [0.29, 0.717) is 6.54 Å². The molecule has 2 aromatic rings. The molecular weight excluding hydrogens is 332 g/mol. The lowest BCUT2D eigenvalue weighted by atomic mass is 10.1. The van der Waals surface area contributed by atoms with E-state index in [1.807, 2.05) is 12.1 Å². The van der Waals surface area contributed by atoms with Gasteiger partial charge in [0.1, 0.15) is 5.56 Å². The third-order valence-corrected chi connectivity index (χ3v) is 3.61. The smallest absolute Gasteiger partial charge is 0.260 e. The van der Waals surface area contributed by atoms with Crippen molar-refractivity contribution in [2.24, 2.45) is 0 Å². The number of H-pyrrole nitrogens is 1. The van der Waals surface area contributed by atoms with Crippen LogP contribution in [0.2, 0.25) is 0 Å². The van der Waals surface area contributed by atoms with Crippen LogP contribution in [-0.2, 0) is 6.42 Å². The van der Waals surface area contributed by atoms with E-state index in [-0.39, 0.29) is 17.0 Å². The summed E-state index contributed by atoms with van der Waals surface area (Å²) in [6.07, 6.45) is 1.70. The van der Waals surface area contributed by atoms with E-state index in [2.05, 4.69) is 38.4 Å². The van der Waals surface area contributed by atoms with Crippen molar-refractivity contribution in [2.45, 2.75) is 19.8 Å². The molecule has 5 heteroatoms. The van der Waals surface area contributed by atoms with Gasteiger partial charge in [0.05, 0.1) is 0 Å². The van der Waals surface area contributed by atoms with Crippen molar-refractivity contribution < 1.29 is 4.79 Å². The number of aromatic nitrogens is 1. The Morgan fingerprint density at radius 2 is 2.10 bits per heavy atom. The number of carbonyl (C=O) groups is 1. The van der Waals surface area contributed by atoms with Crippen LogP contribution < -0.4 is 10.9 Å². The third kappa shape index (κ3) is 4.56. The van der Waals surface area contributed by atoms with Crippen LogP contribution in [0.3, 0.4) is 0 Å². The van der Waals surface area contributed by atoms with Gasteiger partial charge in [0.25, 0.3) is 11.5 Å². The maximum Gasteiger partial charge on any atom is 0.260 e. The van der Waals surface area contributed by atoms with Gasteiger partial charge in [-0.1, -0.05) is 28.1 Å². The molecule has 110 valence electrons. The fraction of sp³-hybridized carbons (Fsp3) is 0.250. The predicted molar refractivity (Wildman–Crippen MR) is 86.6 cm³/mol. The van der Waals surface area contributed by atoms with Gasteiger partial charge in [-0.2, -0.15) is 0 Å². The highest BCUT2D eigenvalue weighted by molar-refractivity contribution is 9.10. The zero-order chi connectivity index (χ0) is 15.2. The van der Waals surface area contributed by atoms with Crippen LogP contribution in [0.25, 0.3) is 0 Å². The van der Waals surface area contributed by atoms with Crippen LogP contribution in [0, 0.1) is 6.92 Å². The van der Waals surface area contributed by atoms with Gasteiger partial charge in [-0.05, 0) is 49.6 Å². The van der Waals surface area contributed by atoms with E-state index in [0.717, 1.165) is 23.0 Å². The quantitative estimate of drug-likeness (QED) is 0.816. The second kappa shape index (κ2) is 7.22. The number of aryl methyl sites for hydroxylation is 2. The van der Waals surface area contributed by atoms with E-state index in [4.69, 9.17) is 0 Å². The zero-order valence-electron chi connectivity index (χ0n) is 11.8. The molecule has 1 aromatic carbocycles. The summed E-state index contributed by atoms with van der Waals surface area (Å²) in [7, 11) is 0. The lowest BCUT2D eigenvalue weighted by Crippen LogP contribution is -2.30. The van der Waals surface area contributed by atoms with E-state index >= 15 is 0 Å². The molecule has 0 aliphatic carbocycles. The molecule has 0 atom stereocenters. The highest BCUT2D eigenvalue weighted by atomic mass is 79.9. The van der Waals surface area contributed by atoms with Gasteiger partial charge in [-0.15, -0.1) is 0 Å². The van der Waals surface area contributed by atoms with Crippen molar-refractivity contribution in [1.82, 2.24) is 10.3 Å². The van der Waals surface area contributed by atoms with Crippen molar-refractivity contribution in [3.05, 3.63) is 68.0 Å². The minimum atomic E-state index is -0.348. The van der Waals surface area contributed by atoms with Crippen molar-refractivity contribution >= 4 is 21.8 Å². The molecule has 1 heterocycles. The molecule has 0 fully saturated rings. The predicted octanol–water partition coefficient (Wildman–Crippen LogP) is 2.81.